The summed E-state index contributed by atoms with van der Waals surface area (Å²) in [5, 5.41) is 5.56. The van der Waals surface area contributed by atoms with Gasteiger partial charge >= 0.3 is 0 Å². The van der Waals surface area contributed by atoms with E-state index in [1.165, 1.54) is 11.8 Å². The topological polar surface area (TPSA) is 105 Å². The Morgan fingerprint density at radius 2 is 1.64 bits per heavy atom. The molecule has 1 atom stereocenters. The number of thiol groups is 1. The molecule has 1 aliphatic rings. The first-order chi connectivity index (χ1) is 22.7. The molecule has 0 fully saturated rings. The van der Waals surface area contributed by atoms with E-state index in [4.69, 9.17) is 4.74 Å². The monoisotopic (exact) mass is 697 g/mol. The van der Waals surface area contributed by atoms with E-state index in [9.17, 15) is 18.0 Å². The van der Waals surface area contributed by atoms with Gasteiger partial charge in [-0.25, -0.2) is 8.42 Å². The Morgan fingerprint density at radius 3 is 2.23 bits per heavy atom. The van der Waals surface area contributed by atoms with Gasteiger partial charge in [0.25, 0.3) is 5.91 Å². The highest BCUT2D eigenvalue weighted by molar-refractivity contribution is 7.98. The quantitative estimate of drug-likeness (QED) is 0.110. The number of sulfone groups is 1. The van der Waals surface area contributed by atoms with Crippen LogP contribution in [0.15, 0.2) is 82.6 Å². The zero-order chi connectivity index (χ0) is 33.9. The Bertz CT molecular complexity index is 1580. The zero-order valence-electron chi connectivity index (χ0n) is 27.5. The lowest BCUT2D eigenvalue weighted by molar-refractivity contribution is -0.130. The molecule has 47 heavy (non-hydrogen) atoms. The largest absolute Gasteiger partial charge is 0.483 e. The molecule has 3 aromatic rings. The molecule has 0 aromatic heterocycles. The molecule has 1 heterocycles. The van der Waals surface area contributed by atoms with Gasteiger partial charge in [0.1, 0.15) is 11.8 Å². The van der Waals surface area contributed by atoms with Gasteiger partial charge in [-0.15, -0.1) is 11.8 Å². The molecule has 0 aliphatic carbocycles. The molecule has 2 N–H and O–H groups in total. The molecule has 1 aliphatic heterocycles. The maximum Gasteiger partial charge on any atom is 0.258 e. The molecule has 254 valence electrons. The van der Waals surface area contributed by atoms with Crippen LogP contribution in [0.2, 0.25) is 0 Å². The number of unbranched alkanes of at least 4 members (excludes halogenated alkanes) is 2. The molecule has 0 spiro atoms. The number of nitrogens with one attached hydrogen (secondary N) is 2. The maximum atomic E-state index is 14.3. The molecular formula is C36H47N3O5S3. The fourth-order valence-electron chi connectivity index (χ4n) is 6.15. The Hall–Kier alpha value is -3.15. The SMILES string of the molecule is CCCCC1(CCCC)CN(c2ccccc2)c2cc(SC)c(OCC(=O)N[C@@H](C(=O)NCCS)c3ccccc3)cc2S(=O)(=O)C1. The third-order valence-corrected chi connectivity index (χ3v) is 11.5. The van der Waals surface area contributed by atoms with E-state index in [1.54, 1.807) is 30.3 Å². The molecule has 0 saturated carbocycles. The highest BCUT2D eigenvalue weighted by atomic mass is 32.2. The van der Waals surface area contributed by atoms with Crippen molar-refractivity contribution < 1.29 is 22.7 Å². The summed E-state index contributed by atoms with van der Waals surface area (Å²) >= 11 is 5.59. The van der Waals surface area contributed by atoms with Gasteiger partial charge in [0.05, 0.1) is 21.2 Å². The van der Waals surface area contributed by atoms with E-state index < -0.39 is 33.8 Å². The van der Waals surface area contributed by atoms with Gasteiger partial charge in [0.15, 0.2) is 16.4 Å². The molecule has 2 amide bonds. The number of nitrogens with zero attached hydrogens (tertiary/aromatic N) is 1. The zero-order valence-corrected chi connectivity index (χ0v) is 30.1. The van der Waals surface area contributed by atoms with Crippen LogP contribution in [0.5, 0.6) is 5.75 Å². The van der Waals surface area contributed by atoms with E-state index in [2.05, 4.69) is 42.0 Å². The Morgan fingerprint density at radius 1 is 1.00 bits per heavy atom. The van der Waals surface area contributed by atoms with Crippen LogP contribution in [0.1, 0.15) is 64.0 Å². The molecular weight excluding hydrogens is 651 g/mol. The minimum Gasteiger partial charge on any atom is -0.483 e. The molecule has 0 unspecified atom stereocenters. The maximum absolute atomic E-state index is 14.3. The summed E-state index contributed by atoms with van der Waals surface area (Å²) in [6.45, 7) is 4.84. The van der Waals surface area contributed by atoms with Crippen molar-refractivity contribution in [3.63, 3.8) is 0 Å². The summed E-state index contributed by atoms with van der Waals surface area (Å²) < 4.78 is 34.7. The number of rotatable bonds is 16. The number of amides is 2. The molecule has 4 rings (SSSR count). The van der Waals surface area contributed by atoms with E-state index in [1.807, 2.05) is 48.7 Å². The van der Waals surface area contributed by atoms with Gasteiger partial charge in [-0.3, -0.25) is 9.59 Å². The molecule has 8 nitrogen and oxygen atoms in total. The van der Waals surface area contributed by atoms with Gasteiger partial charge < -0.3 is 20.3 Å². The first-order valence-corrected chi connectivity index (χ1v) is 19.8. The molecule has 3 aromatic carbocycles. The van der Waals surface area contributed by atoms with Crippen molar-refractivity contribution in [2.45, 2.75) is 68.2 Å². The molecule has 11 heteroatoms. The van der Waals surface area contributed by atoms with Crippen LogP contribution in [0.25, 0.3) is 0 Å². The number of thioether (sulfide) groups is 1. The number of benzene rings is 3. The number of carbonyl (C=O) groups excluding carboxylic acids is 2. The average molecular weight is 698 g/mol. The number of hydrogen-bond acceptors (Lipinski definition) is 8. The normalized spacial score (nSPS) is 15.6. The smallest absolute Gasteiger partial charge is 0.258 e. The number of para-hydroxylation sites is 1. The average Bonchev–Trinajstić information content (AvgIpc) is 3.18. The van der Waals surface area contributed by atoms with Gasteiger partial charge in [0.2, 0.25) is 5.91 Å². The fourth-order valence-corrected chi connectivity index (χ4v) is 8.93. The third kappa shape index (κ3) is 9.48. The number of hydrogen-bond donors (Lipinski definition) is 3. The number of fused-ring (bicyclic) bond motifs is 1. The van der Waals surface area contributed by atoms with Crippen molar-refractivity contribution in [2.75, 3.05) is 42.4 Å². The van der Waals surface area contributed by atoms with Crippen LogP contribution in [0, 0.1) is 5.41 Å². The Labute approximate surface area is 289 Å². The van der Waals surface area contributed by atoms with Crippen LogP contribution in [-0.4, -0.2) is 57.7 Å². The predicted molar refractivity (Wildman–Crippen MR) is 195 cm³/mol. The van der Waals surface area contributed by atoms with E-state index >= 15 is 0 Å². The molecule has 0 saturated heterocycles. The lowest BCUT2D eigenvalue weighted by atomic mass is 9.79. The van der Waals surface area contributed by atoms with Crippen molar-refractivity contribution in [1.82, 2.24) is 10.6 Å². The first kappa shape index (κ1) is 36.7. The Balaban J connectivity index is 1.69. The fraction of sp³-hybridized carbons (Fsp3) is 0.444. The highest BCUT2D eigenvalue weighted by Gasteiger charge is 2.42. The third-order valence-electron chi connectivity index (χ3n) is 8.52. The van der Waals surface area contributed by atoms with Crippen LogP contribution in [0.4, 0.5) is 11.4 Å². The second kappa shape index (κ2) is 17.3. The summed E-state index contributed by atoms with van der Waals surface area (Å²) in [5.74, 6) is -0.0322. The lowest BCUT2D eigenvalue weighted by Crippen LogP contribution is -2.42. The second-order valence-corrected chi connectivity index (χ2v) is 15.3. The van der Waals surface area contributed by atoms with E-state index in [0.29, 0.717) is 40.7 Å². The van der Waals surface area contributed by atoms with Crippen molar-refractivity contribution in [2.24, 2.45) is 5.41 Å². The first-order valence-electron chi connectivity index (χ1n) is 16.3. The van der Waals surface area contributed by atoms with Gasteiger partial charge in [-0.1, -0.05) is 88.1 Å². The second-order valence-electron chi connectivity index (χ2n) is 12.1. The standard InChI is InChI=1S/C36H47N3O5S3/c1-4-6-18-36(19-7-5-2)25-39(28-16-12-9-13-17-28)29-22-31(46-3)30(23-32(29)47(42,43)26-36)44-24-33(40)38-34(35(41)37-20-21-45)27-14-10-8-11-15-27/h8-17,22-23,34,45H,4-7,18-21,24-26H2,1-3H3,(H,37,41)(H,38,40)/t34-/m1/s1. The number of anilines is 2. The lowest BCUT2D eigenvalue weighted by Gasteiger charge is -2.37. The van der Waals surface area contributed by atoms with Gasteiger partial charge in [-0.05, 0) is 42.9 Å². The summed E-state index contributed by atoms with van der Waals surface area (Å²) in [4.78, 5) is 29.2. The van der Waals surface area contributed by atoms with Gasteiger partial charge in [-0.2, -0.15) is 12.6 Å². The van der Waals surface area contributed by atoms with Crippen molar-refractivity contribution in [3.8, 4) is 5.75 Å². The highest BCUT2D eigenvalue weighted by Crippen LogP contribution is 2.47. The Kier molecular flexibility index (Phi) is 13.5. The van der Waals surface area contributed by atoms with Crippen molar-refractivity contribution >= 4 is 57.4 Å². The summed E-state index contributed by atoms with van der Waals surface area (Å²) in [6, 6.07) is 21.5. The van der Waals surface area contributed by atoms with E-state index in [-0.39, 0.29) is 16.6 Å². The van der Waals surface area contributed by atoms with Crippen LogP contribution in [-0.2, 0) is 19.4 Å². The summed E-state index contributed by atoms with van der Waals surface area (Å²) in [7, 11) is -3.74. The van der Waals surface area contributed by atoms with E-state index in [0.717, 1.165) is 44.2 Å². The number of ether oxygens (including phenoxy) is 1. The van der Waals surface area contributed by atoms with Crippen LogP contribution < -0.4 is 20.3 Å². The summed E-state index contributed by atoms with van der Waals surface area (Å²) in [6.07, 6.45) is 7.43. The van der Waals surface area contributed by atoms with Crippen molar-refractivity contribution in [1.29, 1.82) is 0 Å². The predicted octanol–water partition coefficient (Wildman–Crippen LogP) is 6.98. The minimum atomic E-state index is -3.74. The number of carbonyl (C=O) groups is 2. The van der Waals surface area contributed by atoms with Crippen LogP contribution >= 0.6 is 24.4 Å². The van der Waals surface area contributed by atoms with Crippen molar-refractivity contribution in [3.05, 3.63) is 78.4 Å². The molecule has 0 bridgehead atoms. The molecule has 0 radical (unpaired) electrons. The minimum absolute atomic E-state index is 0.0506. The van der Waals surface area contributed by atoms with Crippen LogP contribution in [0.3, 0.4) is 0 Å². The van der Waals surface area contributed by atoms with Gasteiger partial charge in [0, 0.05) is 36.0 Å². The summed E-state index contributed by atoms with van der Waals surface area (Å²) in [5.41, 5.74) is 1.78.